The summed E-state index contributed by atoms with van der Waals surface area (Å²) in [6, 6.07) is 33.7. The van der Waals surface area contributed by atoms with Crippen molar-refractivity contribution in [3.63, 3.8) is 0 Å². The lowest BCUT2D eigenvalue weighted by Gasteiger charge is -2.13. The van der Waals surface area contributed by atoms with Crippen molar-refractivity contribution in [1.82, 2.24) is 19.3 Å². The van der Waals surface area contributed by atoms with Crippen LogP contribution in [0.5, 0.6) is 17.2 Å². The van der Waals surface area contributed by atoms with Crippen LogP contribution in [0.15, 0.2) is 103 Å². The standard InChI is InChI=1S/C41H40N4O2/c1-6-7-9-12-30-22-32(45-29(4)41(28(3)43-45)31-13-10-8-11-14-31)24-35(23-30)47-34-15-17-36-37-25-33(46-5)16-18-38(37)44(39(36)26-34)40-21-27(2)19-20-42-40/h8,10-11,13-26H,6-7,9,12H2,1-5H3. The van der Waals surface area contributed by atoms with E-state index in [0.29, 0.717) is 0 Å². The fraction of sp³-hybridized carbons (Fsp3) is 0.220. The van der Waals surface area contributed by atoms with Crippen LogP contribution in [0.25, 0.3) is 44.4 Å². The molecule has 0 saturated heterocycles. The number of unbranched alkanes of at least 4 members (excludes halogenated alkanes) is 2. The molecule has 0 fully saturated rings. The van der Waals surface area contributed by atoms with E-state index in [-0.39, 0.29) is 0 Å². The van der Waals surface area contributed by atoms with Gasteiger partial charge in [-0.05, 0) is 105 Å². The van der Waals surface area contributed by atoms with Crippen molar-refractivity contribution in [2.75, 3.05) is 7.11 Å². The van der Waals surface area contributed by atoms with Gasteiger partial charge >= 0.3 is 0 Å². The molecule has 0 aliphatic carbocycles. The maximum Gasteiger partial charge on any atom is 0.137 e. The van der Waals surface area contributed by atoms with Crippen LogP contribution in [0.4, 0.5) is 0 Å². The van der Waals surface area contributed by atoms with Crippen LogP contribution in [0.2, 0.25) is 0 Å². The first-order chi connectivity index (χ1) is 22.9. The average Bonchev–Trinajstić information content (AvgIpc) is 3.57. The van der Waals surface area contributed by atoms with Crippen LogP contribution in [-0.4, -0.2) is 26.4 Å². The molecule has 0 saturated carbocycles. The molecule has 6 nitrogen and oxygen atoms in total. The van der Waals surface area contributed by atoms with Gasteiger partial charge in [-0.25, -0.2) is 9.67 Å². The van der Waals surface area contributed by atoms with Crippen molar-refractivity contribution < 1.29 is 9.47 Å². The van der Waals surface area contributed by atoms with Gasteiger partial charge in [0.15, 0.2) is 0 Å². The Hall–Kier alpha value is -5.36. The molecule has 0 atom stereocenters. The Morgan fingerprint density at radius 2 is 1.55 bits per heavy atom. The number of aromatic nitrogens is 4. The first-order valence-electron chi connectivity index (χ1n) is 16.4. The average molecular weight is 621 g/mol. The number of hydrogen-bond donors (Lipinski definition) is 0. The molecule has 7 rings (SSSR count). The Morgan fingerprint density at radius 3 is 2.34 bits per heavy atom. The Labute approximate surface area is 276 Å². The molecule has 7 aromatic rings. The second kappa shape index (κ2) is 12.8. The van der Waals surface area contributed by atoms with Crippen molar-refractivity contribution >= 4 is 21.8 Å². The van der Waals surface area contributed by atoms with Crippen LogP contribution in [0.1, 0.15) is 48.7 Å². The van der Waals surface area contributed by atoms with E-state index >= 15 is 0 Å². The summed E-state index contributed by atoms with van der Waals surface area (Å²) in [6.45, 7) is 8.56. The number of pyridine rings is 1. The summed E-state index contributed by atoms with van der Waals surface area (Å²) >= 11 is 0. The fourth-order valence-corrected chi connectivity index (χ4v) is 6.66. The lowest BCUT2D eigenvalue weighted by molar-refractivity contribution is 0.415. The fourth-order valence-electron chi connectivity index (χ4n) is 6.66. The van der Waals surface area contributed by atoms with E-state index in [1.807, 2.05) is 24.4 Å². The minimum Gasteiger partial charge on any atom is -0.497 e. The second-order valence-corrected chi connectivity index (χ2v) is 12.3. The number of ether oxygens (including phenoxy) is 2. The molecule has 3 aromatic heterocycles. The largest absolute Gasteiger partial charge is 0.497 e. The Morgan fingerprint density at radius 1 is 0.723 bits per heavy atom. The first-order valence-corrected chi connectivity index (χ1v) is 16.4. The molecule has 47 heavy (non-hydrogen) atoms. The predicted octanol–water partition coefficient (Wildman–Crippen LogP) is 10.5. The number of hydrogen-bond acceptors (Lipinski definition) is 4. The van der Waals surface area contributed by atoms with Gasteiger partial charge in [0.05, 0.1) is 29.5 Å². The third-order valence-corrected chi connectivity index (χ3v) is 8.93. The zero-order chi connectivity index (χ0) is 32.5. The number of rotatable bonds is 10. The molecular weight excluding hydrogens is 580 g/mol. The summed E-state index contributed by atoms with van der Waals surface area (Å²) in [6.07, 6.45) is 6.34. The smallest absolute Gasteiger partial charge is 0.137 e. The number of fused-ring (bicyclic) bond motifs is 3. The SMILES string of the molecule is CCCCCc1cc(Oc2ccc3c4cc(OC)ccc4n(-c4cc(C)ccn4)c3c2)cc(-n2nc(C)c(-c3ccccc3)c2C)c1. The molecule has 0 spiro atoms. The predicted molar refractivity (Wildman–Crippen MR) is 192 cm³/mol. The van der Waals surface area contributed by atoms with Gasteiger partial charge in [-0.3, -0.25) is 4.57 Å². The minimum atomic E-state index is 0.760. The Bertz CT molecular complexity index is 2210. The van der Waals surface area contributed by atoms with Gasteiger partial charge in [-0.2, -0.15) is 5.10 Å². The molecule has 0 aliphatic heterocycles. The summed E-state index contributed by atoms with van der Waals surface area (Å²) in [5.41, 5.74) is 9.94. The highest BCUT2D eigenvalue weighted by Gasteiger charge is 2.18. The summed E-state index contributed by atoms with van der Waals surface area (Å²) in [5, 5.41) is 7.23. The first kappa shape index (κ1) is 30.3. The van der Waals surface area contributed by atoms with Crippen LogP contribution < -0.4 is 9.47 Å². The maximum absolute atomic E-state index is 6.71. The van der Waals surface area contributed by atoms with E-state index in [2.05, 4.69) is 116 Å². The third kappa shape index (κ3) is 5.87. The third-order valence-electron chi connectivity index (χ3n) is 8.93. The van der Waals surface area contributed by atoms with Gasteiger partial charge in [-0.15, -0.1) is 0 Å². The van der Waals surface area contributed by atoms with Gasteiger partial charge in [0, 0.05) is 40.4 Å². The van der Waals surface area contributed by atoms with Crippen molar-refractivity contribution in [2.24, 2.45) is 0 Å². The maximum atomic E-state index is 6.71. The number of benzene rings is 4. The van der Waals surface area contributed by atoms with E-state index in [9.17, 15) is 0 Å². The quantitative estimate of drug-likeness (QED) is 0.143. The monoisotopic (exact) mass is 620 g/mol. The summed E-state index contributed by atoms with van der Waals surface area (Å²) in [4.78, 5) is 4.75. The van der Waals surface area contributed by atoms with Crippen LogP contribution in [0.3, 0.4) is 0 Å². The van der Waals surface area contributed by atoms with Crippen LogP contribution in [0, 0.1) is 20.8 Å². The van der Waals surface area contributed by atoms with Crippen molar-refractivity contribution in [1.29, 1.82) is 0 Å². The molecule has 0 N–H and O–H groups in total. The van der Waals surface area contributed by atoms with E-state index in [1.54, 1.807) is 7.11 Å². The van der Waals surface area contributed by atoms with E-state index in [1.165, 1.54) is 29.5 Å². The molecule has 3 heterocycles. The summed E-state index contributed by atoms with van der Waals surface area (Å²) < 4.78 is 16.6. The zero-order valence-electron chi connectivity index (χ0n) is 27.7. The minimum absolute atomic E-state index is 0.760. The van der Waals surface area contributed by atoms with E-state index in [4.69, 9.17) is 19.6 Å². The normalized spacial score (nSPS) is 11.4. The van der Waals surface area contributed by atoms with Crippen LogP contribution >= 0.6 is 0 Å². The molecule has 4 aromatic carbocycles. The highest BCUT2D eigenvalue weighted by Crippen LogP contribution is 2.37. The lowest BCUT2D eigenvalue weighted by atomic mass is 10.0. The molecule has 0 amide bonds. The molecule has 0 aliphatic rings. The van der Waals surface area contributed by atoms with Crippen LogP contribution in [-0.2, 0) is 6.42 Å². The topological polar surface area (TPSA) is 54.1 Å². The van der Waals surface area contributed by atoms with Gasteiger partial charge in [-0.1, -0.05) is 50.1 Å². The molecule has 236 valence electrons. The summed E-state index contributed by atoms with van der Waals surface area (Å²) in [7, 11) is 1.70. The van der Waals surface area contributed by atoms with Crippen molar-refractivity contribution in [3.05, 3.63) is 126 Å². The second-order valence-electron chi connectivity index (χ2n) is 12.3. The number of nitrogens with zero attached hydrogens (tertiary/aromatic N) is 4. The zero-order valence-corrected chi connectivity index (χ0v) is 27.7. The molecule has 6 heteroatoms. The summed E-state index contributed by atoms with van der Waals surface area (Å²) in [5.74, 6) is 3.24. The Balaban J connectivity index is 1.33. The number of aryl methyl sites for hydroxylation is 3. The van der Waals surface area contributed by atoms with E-state index < -0.39 is 0 Å². The van der Waals surface area contributed by atoms with Gasteiger partial charge in [0.2, 0.25) is 0 Å². The lowest BCUT2D eigenvalue weighted by Crippen LogP contribution is -2.02. The van der Waals surface area contributed by atoms with Gasteiger partial charge in [0.25, 0.3) is 0 Å². The highest BCUT2D eigenvalue weighted by molar-refractivity contribution is 6.10. The van der Waals surface area contributed by atoms with Gasteiger partial charge in [0.1, 0.15) is 23.1 Å². The molecule has 0 radical (unpaired) electrons. The van der Waals surface area contributed by atoms with Crippen molar-refractivity contribution in [3.8, 4) is 39.9 Å². The van der Waals surface area contributed by atoms with Gasteiger partial charge < -0.3 is 9.47 Å². The molecule has 0 bridgehead atoms. The number of methoxy groups -OCH3 is 1. The van der Waals surface area contributed by atoms with Crippen molar-refractivity contribution in [2.45, 2.75) is 53.4 Å². The Kier molecular flexibility index (Phi) is 8.25. The highest BCUT2D eigenvalue weighted by atomic mass is 16.5. The molecular formula is C41H40N4O2. The molecule has 0 unspecified atom stereocenters. The van der Waals surface area contributed by atoms with E-state index in [0.717, 1.165) is 80.4 Å².